The van der Waals surface area contributed by atoms with Crippen LogP contribution in [0.5, 0.6) is 0 Å². The molecule has 3 aliphatic rings. The number of nitrogens with zero attached hydrogens (tertiary/aromatic N) is 3. The molecule has 0 saturated carbocycles. The Kier molecular flexibility index (Phi) is 6.83. The third-order valence-electron chi connectivity index (χ3n) is 6.63. The summed E-state index contributed by atoms with van der Waals surface area (Å²) in [4.78, 5) is 52.6. The lowest BCUT2D eigenvalue weighted by Gasteiger charge is -2.36. The molecule has 3 aliphatic heterocycles. The molecule has 3 saturated heterocycles. The average Bonchev–Trinajstić information content (AvgIpc) is 2.80. The number of carbonyl (C=O) groups is 4. The summed E-state index contributed by atoms with van der Waals surface area (Å²) in [5, 5.41) is 11.4. The summed E-state index contributed by atoms with van der Waals surface area (Å²) in [5.41, 5.74) is 2.01. The summed E-state index contributed by atoms with van der Waals surface area (Å²) in [6.45, 7) is 4.32. The molecule has 0 aromatic heterocycles. The van der Waals surface area contributed by atoms with E-state index in [0.29, 0.717) is 50.3 Å². The van der Waals surface area contributed by atoms with Crippen molar-refractivity contribution in [2.24, 2.45) is 0 Å². The second-order valence-corrected chi connectivity index (χ2v) is 8.85. The van der Waals surface area contributed by atoms with Crippen LogP contribution in [0.4, 0.5) is 15.3 Å². The zero-order valence-corrected chi connectivity index (χ0v) is 18.8. The van der Waals surface area contributed by atoms with Crippen LogP contribution in [0.2, 0.25) is 0 Å². The molecule has 0 unspecified atom stereocenters. The zero-order chi connectivity index (χ0) is 23.5. The number of likely N-dealkylation sites (tertiary alicyclic amines) is 2. The Hall–Kier alpha value is -3.14. The number of urea groups is 1. The van der Waals surface area contributed by atoms with Gasteiger partial charge in [-0.2, -0.15) is 0 Å². The molecule has 33 heavy (non-hydrogen) atoms. The van der Waals surface area contributed by atoms with E-state index < -0.39 is 12.1 Å². The Morgan fingerprint density at radius 3 is 2.15 bits per heavy atom. The number of carboxylic acid groups (broad SMARTS) is 1. The smallest absolute Gasteiger partial charge is 0.407 e. The number of carbonyl (C=O) groups excluding carboxylic acids is 3. The number of imide groups is 1. The molecule has 0 radical (unpaired) electrons. The number of nitrogens with one attached hydrogen (secondary N) is 1. The van der Waals surface area contributed by atoms with Crippen molar-refractivity contribution in [1.29, 1.82) is 0 Å². The summed E-state index contributed by atoms with van der Waals surface area (Å²) in [6.07, 6.45) is 2.36. The number of amides is 5. The molecule has 10 nitrogen and oxygen atoms in total. The van der Waals surface area contributed by atoms with Crippen molar-refractivity contribution in [3.8, 4) is 0 Å². The number of ether oxygens (including phenoxy) is 1. The molecule has 1 aromatic rings. The van der Waals surface area contributed by atoms with Crippen molar-refractivity contribution in [3.05, 3.63) is 29.3 Å². The first-order chi connectivity index (χ1) is 15.8. The van der Waals surface area contributed by atoms with Crippen molar-refractivity contribution in [2.45, 2.75) is 51.2 Å². The van der Waals surface area contributed by atoms with Gasteiger partial charge < -0.3 is 19.6 Å². The van der Waals surface area contributed by atoms with Crippen LogP contribution in [0.3, 0.4) is 0 Å². The number of hydrogen-bond donors (Lipinski definition) is 2. The highest BCUT2D eigenvalue weighted by Crippen LogP contribution is 2.26. The number of anilines is 1. The Bertz CT molecular complexity index is 935. The fourth-order valence-corrected chi connectivity index (χ4v) is 4.66. The van der Waals surface area contributed by atoms with E-state index in [1.807, 2.05) is 13.0 Å². The fraction of sp³-hybridized carbons (Fsp3) is 0.565. The minimum Gasteiger partial charge on any atom is -0.465 e. The van der Waals surface area contributed by atoms with Crippen LogP contribution in [0.25, 0.3) is 0 Å². The van der Waals surface area contributed by atoms with Gasteiger partial charge in [-0.1, -0.05) is 6.07 Å². The third kappa shape index (κ3) is 5.27. The van der Waals surface area contributed by atoms with Gasteiger partial charge >= 0.3 is 12.1 Å². The van der Waals surface area contributed by atoms with Crippen molar-refractivity contribution in [2.75, 3.05) is 37.6 Å². The number of piperidine rings is 2. The van der Waals surface area contributed by atoms with Gasteiger partial charge in [0.05, 0.1) is 12.2 Å². The largest absolute Gasteiger partial charge is 0.465 e. The van der Waals surface area contributed by atoms with E-state index in [2.05, 4.69) is 5.32 Å². The molecule has 0 bridgehead atoms. The number of benzene rings is 1. The highest BCUT2D eigenvalue weighted by Gasteiger charge is 2.30. The standard InChI is InChI=1S/C23H30N4O6/c1-15-2-3-16(14-19(15)27-13-8-20(28)24-22(27)30)21(29)25-9-4-17(5-10-25)33-18-6-11-26(12-7-18)23(31)32/h2-3,14,17-18H,4-13H2,1H3,(H,31,32)(H,24,28,30). The minimum atomic E-state index is -0.881. The minimum absolute atomic E-state index is 0.0649. The lowest BCUT2D eigenvalue weighted by Crippen LogP contribution is -2.50. The van der Waals surface area contributed by atoms with Gasteiger partial charge in [-0.25, -0.2) is 9.59 Å². The van der Waals surface area contributed by atoms with Crippen LogP contribution >= 0.6 is 0 Å². The molecule has 10 heteroatoms. The highest BCUT2D eigenvalue weighted by atomic mass is 16.5. The van der Waals surface area contributed by atoms with Gasteiger partial charge in [0.1, 0.15) is 0 Å². The highest BCUT2D eigenvalue weighted by molar-refractivity contribution is 6.06. The quantitative estimate of drug-likeness (QED) is 0.714. The summed E-state index contributed by atoms with van der Waals surface area (Å²) in [5.74, 6) is -0.378. The number of aryl methyl sites for hydroxylation is 1. The van der Waals surface area contributed by atoms with Crippen LogP contribution in [0.15, 0.2) is 18.2 Å². The molecule has 178 valence electrons. The van der Waals surface area contributed by atoms with Crippen LogP contribution < -0.4 is 10.2 Å². The summed E-state index contributed by atoms with van der Waals surface area (Å²) in [6, 6.07) is 4.86. The molecular formula is C23H30N4O6. The van der Waals surface area contributed by atoms with Gasteiger partial charge in [-0.3, -0.25) is 19.8 Å². The van der Waals surface area contributed by atoms with Crippen LogP contribution in [0, 0.1) is 6.92 Å². The van der Waals surface area contributed by atoms with Crippen molar-refractivity contribution < 1.29 is 29.0 Å². The molecule has 5 amide bonds. The van der Waals surface area contributed by atoms with Crippen LogP contribution in [-0.2, 0) is 9.53 Å². The number of hydrogen-bond acceptors (Lipinski definition) is 5. The first kappa shape index (κ1) is 23.0. The SMILES string of the molecule is Cc1ccc(C(=O)N2CCC(OC3CCN(C(=O)O)CC3)CC2)cc1N1CCC(=O)NC1=O. The Labute approximate surface area is 192 Å². The number of rotatable bonds is 4. The predicted octanol–water partition coefficient (Wildman–Crippen LogP) is 2.20. The van der Waals surface area contributed by atoms with E-state index in [1.54, 1.807) is 17.0 Å². The molecule has 0 atom stereocenters. The van der Waals surface area contributed by atoms with Gasteiger partial charge in [-0.15, -0.1) is 0 Å². The van der Waals surface area contributed by atoms with E-state index in [4.69, 9.17) is 9.84 Å². The van der Waals surface area contributed by atoms with E-state index in [1.165, 1.54) is 9.80 Å². The zero-order valence-electron chi connectivity index (χ0n) is 18.8. The maximum atomic E-state index is 13.1. The maximum Gasteiger partial charge on any atom is 0.407 e. The van der Waals surface area contributed by atoms with Crippen LogP contribution in [0.1, 0.15) is 48.0 Å². The van der Waals surface area contributed by atoms with E-state index in [9.17, 15) is 19.2 Å². The molecule has 1 aromatic carbocycles. The second-order valence-electron chi connectivity index (χ2n) is 8.85. The first-order valence-corrected chi connectivity index (χ1v) is 11.5. The van der Waals surface area contributed by atoms with Gasteiger partial charge in [0, 0.05) is 50.4 Å². The molecule has 0 aliphatic carbocycles. The van der Waals surface area contributed by atoms with Crippen molar-refractivity contribution >= 4 is 29.6 Å². The van der Waals surface area contributed by atoms with Crippen molar-refractivity contribution in [3.63, 3.8) is 0 Å². The van der Waals surface area contributed by atoms with E-state index in [-0.39, 0.29) is 37.0 Å². The summed E-state index contributed by atoms with van der Waals surface area (Å²) in [7, 11) is 0. The Morgan fingerprint density at radius 2 is 1.58 bits per heavy atom. The molecule has 3 fully saturated rings. The Balaban J connectivity index is 1.32. The lowest BCUT2D eigenvalue weighted by atomic mass is 10.0. The van der Waals surface area contributed by atoms with Gasteiger partial charge in [-0.05, 0) is 50.3 Å². The molecule has 2 N–H and O–H groups in total. The molecule has 3 heterocycles. The summed E-state index contributed by atoms with van der Waals surface area (Å²) < 4.78 is 6.19. The predicted molar refractivity (Wildman–Crippen MR) is 119 cm³/mol. The second kappa shape index (κ2) is 9.78. The van der Waals surface area contributed by atoms with E-state index in [0.717, 1.165) is 18.4 Å². The Morgan fingerprint density at radius 1 is 0.970 bits per heavy atom. The van der Waals surface area contributed by atoms with Crippen LogP contribution in [-0.4, -0.2) is 83.8 Å². The monoisotopic (exact) mass is 458 g/mol. The van der Waals surface area contributed by atoms with Gasteiger partial charge in [0.25, 0.3) is 5.91 Å². The van der Waals surface area contributed by atoms with Crippen molar-refractivity contribution in [1.82, 2.24) is 15.1 Å². The maximum absolute atomic E-state index is 13.1. The lowest BCUT2D eigenvalue weighted by molar-refractivity contribution is -0.120. The van der Waals surface area contributed by atoms with Gasteiger partial charge in [0.15, 0.2) is 0 Å². The van der Waals surface area contributed by atoms with Gasteiger partial charge in [0.2, 0.25) is 5.91 Å². The average molecular weight is 459 g/mol. The molecular weight excluding hydrogens is 428 g/mol. The van der Waals surface area contributed by atoms with E-state index >= 15 is 0 Å². The normalized spacial score (nSPS) is 20.7. The molecule has 4 rings (SSSR count). The summed E-state index contributed by atoms with van der Waals surface area (Å²) >= 11 is 0. The fourth-order valence-electron chi connectivity index (χ4n) is 4.66. The first-order valence-electron chi connectivity index (χ1n) is 11.5. The molecule has 0 spiro atoms. The third-order valence-corrected chi connectivity index (χ3v) is 6.63. The topological polar surface area (TPSA) is 119 Å².